The average molecular weight is 409 g/mol. The topological polar surface area (TPSA) is 73.9 Å². The molecule has 6 nitrogen and oxygen atoms in total. The summed E-state index contributed by atoms with van der Waals surface area (Å²) in [4.78, 5) is 19.6. The molecule has 0 unspecified atom stereocenters. The Hall–Kier alpha value is -3.93. The van der Waals surface area contributed by atoms with E-state index in [1.165, 1.54) is 11.1 Å². The van der Waals surface area contributed by atoms with Crippen LogP contribution in [0.1, 0.15) is 27.0 Å². The first-order valence-electron chi connectivity index (χ1n) is 10.4. The molecule has 1 aliphatic heterocycles. The van der Waals surface area contributed by atoms with E-state index in [1.54, 1.807) is 6.20 Å². The third-order valence-corrected chi connectivity index (χ3v) is 5.66. The van der Waals surface area contributed by atoms with Crippen LogP contribution < -0.4 is 10.2 Å². The molecule has 2 aromatic carbocycles. The summed E-state index contributed by atoms with van der Waals surface area (Å²) in [7, 11) is 0. The number of H-pyrrole nitrogens is 1. The Kier molecular flexibility index (Phi) is 5.19. The summed E-state index contributed by atoms with van der Waals surface area (Å²) in [5.41, 5.74) is 5.92. The lowest BCUT2D eigenvalue weighted by Gasteiger charge is -2.29. The zero-order chi connectivity index (χ0) is 21.0. The number of nitrogens with one attached hydrogen (secondary N) is 2. The van der Waals surface area contributed by atoms with Gasteiger partial charge in [0.05, 0.1) is 17.5 Å². The van der Waals surface area contributed by atoms with Crippen LogP contribution in [-0.2, 0) is 19.5 Å². The van der Waals surface area contributed by atoms with E-state index < -0.39 is 0 Å². The minimum Gasteiger partial charge on any atom is -0.352 e. The molecule has 1 amide bonds. The van der Waals surface area contributed by atoms with Gasteiger partial charge in [0.2, 0.25) is 0 Å². The largest absolute Gasteiger partial charge is 0.352 e. The molecule has 2 N–H and O–H groups in total. The summed E-state index contributed by atoms with van der Waals surface area (Å²) in [5.74, 6) is 0.801. The number of benzene rings is 2. The number of rotatable bonds is 5. The van der Waals surface area contributed by atoms with Crippen molar-refractivity contribution < 1.29 is 4.79 Å². The van der Waals surface area contributed by atoms with Crippen LogP contribution in [-0.4, -0.2) is 27.6 Å². The van der Waals surface area contributed by atoms with E-state index in [-0.39, 0.29) is 5.91 Å². The Morgan fingerprint density at radius 1 is 0.968 bits per heavy atom. The third kappa shape index (κ3) is 4.05. The molecule has 2 aromatic heterocycles. The van der Waals surface area contributed by atoms with E-state index >= 15 is 0 Å². The van der Waals surface area contributed by atoms with Crippen molar-refractivity contribution >= 4 is 11.7 Å². The molecule has 0 aliphatic carbocycles. The maximum absolute atomic E-state index is 12.7. The number of aromatic nitrogens is 3. The van der Waals surface area contributed by atoms with Crippen molar-refractivity contribution in [3.8, 4) is 11.3 Å². The molecule has 4 aromatic rings. The number of nitrogens with zero attached hydrogens (tertiary/aromatic N) is 3. The van der Waals surface area contributed by atoms with Crippen LogP contribution in [0.2, 0.25) is 0 Å². The van der Waals surface area contributed by atoms with Gasteiger partial charge in [-0.3, -0.25) is 9.89 Å². The first-order valence-corrected chi connectivity index (χ1v) is 10.4. The van der Waals surface area contributed by atoms with Gasteiger partial charge in [-0.2, -0.15) is 5.10 Å². The first-order chi connectivity index (χ1) is 15.3. The highest BCUT2D eigenvalue weighted by molar-refractivity contribution is 5.99. The number of hydrogen-bond donors (Lipinski definition) is 2. The van der Waals surface area contributed by atoms with Crippen LogP contribution in [0, 0.1) is 0 Å². The molecule has 0 radical (unpaired) electrons. The number of fused-ring (bicyclic) bond motifs is 1. The Morgan fingerprint density at radius 2 is 1.77 bits per heavy atom. The molecule has 0 fully saturated rings. The third-order valence-electron chi connectivity index (χ3n) is 5.66. The fraction of sp³-hybridized carbons (Fsp3) is 0.160. The van der Waals surface area contributed by atoms with E-state index in [0.717, 1.165) is 42.1 Å². The van der Waals surface area contributed by atoms with Crippen molar-refractivity contribution in [2.75, 3.05) is 11.4 Å². The van der Waals surface area contributed by atoms with Crippen LogP contribution in [0.15, 0.2) is 79.1 Å². The monoisotopic (exact) mass is 409 g/mol. The summed E-state index contributed by atoms with van der Waals surface area (Å²) >= 11 is 0. The summed E-state index contributed by atoms with van der Waals surface area (Å²) < 4.78 is 0. The van der Waals surface area contributed by atoms with E-state index in [9.17, 15) is 4.79 Å². The van der Waals surface area contributed by atoms with Gasteiger partial charge in [0.1, 0.15) is 5.82 Å². The fourth-order valence-corrected chi connectivity index (χ4v) is 3.96. The minimum absolute atomic E-state index is 0.163. The molecule has 154 valence electrons. The first kappa shape index (κ1) is 19.1. The van der Waals surface area contributed by atoms with Gasteiger partial charge in [0.15, 0.2) is 0 Å². The molecule has 0 saturated heterocycles. The Balaban J connectivity index is 1.23. The number of pyridine rings is 1. The maximum atomic E-state index is 12.7. The lowest BCUT2D eigenvalue weighted by molar-refractivity contribution is 0.0951. The molecular formula is C25H23N5O. The lowest BCUT2D eigenvalue weighted by atomic mass is 10.00. The van der Waals surface area contributed by atoms with Gasteiger partial charge < -0.3 is 10.2 Å². The molecule has 0 saturated carbocycles. The standard InChI is InChI=1S/C25H23N5O/c31-25(22-16-28-29-24(22)20-7-2-1-3-8-20)27-15-18-10-11-23(26-14-18)30-13-12-19-6-4-5-9-21(19)17-30/h1-11,14,16H,12-13,15,17H2,(H,27,31)(H,28,29). The summed E-state index contributed by atoms with van der Waals surface area (Å²) in [6, 6.07) is 22.3. The van der Waals surface area contributed by atoms with E-state index in [2.05, 4.69) is 49.7 Å². The minimum atomic E-state index is -0.163. The normalized spacial score (nSPS) is 13.0. The van der Waals surface area contributed by atoms with Gasteiger partial charge in [-0.15, -0.1) is 0 Å². The Bertz CT molecular complexity index is 1180. The maximum Gasteiger partial charge on any atom is 0.255 e. The average Bonchev–Trinajstić information content (AvgIpc) is 3.33. The smallest absolute Gasteiger partial charge is 0.255 e. The number of carbonyl (C=O) groups is 1. The number of amides is 1. The highest BCUT2D eigenvalue weighted by atomic mass is 16.1. The van der Waals surface area contributed by atoms with Crippen LogP contribution in [0.3, 0.4) is 0 Å². The van der Waals surface area contributed by atoms with Crippen molar-refractivity contribution in [2.45, 2.75) is 19.5 Å². The van der Waals surface area contributed by atoms with Crippen molar-refractivity contribution in [3.63, 3.8) is 0 Å². The van der Waals surface area contributed by atoms with Crippen molar-refractivity contribution in [2.24, 2.45) is 0 Å². The van der Waals surface area contributed by atoms with Crippen LogP contribution in [0.25, 0.3) is 11.3 Å². The van der Waals surface area contributed by atoms with Gasteiger partial charge >= 0.3 is 0 Å². The number of anilines is 1. The molecule has 0 atom stereocenters. The van der Waals surface area contributed by atoms with E-state index in [1.807, 2.05) is 48.7 Å². The van der Waals surface area contributed by atoms with Crippen molar-refractivity contribution in [1.29, 1.82) is 0 Å². The summed E-state index contributed by atoms with van der Waals surface area (Å²) in [5, 5.41) is 9.94. The molecular weight excluding hydrogens is 386 g/mol. The SMILES string of the molecule is O=C(NCc1ccc(N2CCc3ccccc3C2)nc1)c1cn[nH]c1-c1ccccc1. The zero-order valence-corrected chi connectivity index (χ0v) is 17.1. The molecule has 5 rings (SSSR count). The fourth-order valence-electron chi connectivity index (χ4n) is 3.96. The Morgan fingerprint density at radius 3 is 2.58 bits per heavy atom. The zero-order valence-electron chi connectivity index (χ0n) is 17.1. The van der Waals surface area contributed by atoms with Crippen LogP contribution >= 0.6 is 0 Å². The van der Waals surface area contributed by atoms with E-state index in [4.69, 9.17) is 0 Å². The molecule has 31 heavy (non-hydrogen) atoms. The van der Waals surface area contributed by atoms with Crippen molar-refractivity contribution in [3.05, 3.63) is 101 Å². The predicted octanol–water partition coefficient (Wildman–Crippen LogP) is 3.96. The number of hydrogen-bond acceptors (Lipinski definition) is 4. The second kappa shape index (κ2) is 8.44. The molecule has 3 heterocycles. The van der Waals surface area contributed by atoms with E-state index in [0.29, 0.717) is 12.1 Å². The van der Waals surface area contributed by atoms with Crippen molar-refractivity contribution in [1.82, 2.24) is 20.5 Å². The summed E-state index contributed by atoms with van der Waals surface area (Å²) in [6.45, 7) is 2.25. The predicted molar refractivity (Wildman–Crippen MR) is 121 cm³/mol. The molecule has 0 spiro atoms. The van der Waals surface area contributed by atoms with Gasteiger partial charge in [0.25, 0.3) is 5.91 Å². The second-order valence-corrected chi connectivity index (χ2v) is 7.67. The summed E-state index contributed by atoms with van der Waals surface area (Å²) in [6.07, 6.45) is 4.43. The van der Waals surface area contributed by atoms with Crippen LogP contribution in [0.4, 0.5) is 5.82 Å². The van der Waals surface area contributed by atoms with Gasteiger partial charge in [0, 0.05) is 31.4 Å². The van der Waals surface area contributed by atoms with Gasteiger partial charge in [-0.25, -0.2) is 4.98 Å². The molecule has 0 bridgehead atoms. The van der Waals surface area contributed by atoms with Crippen LogP contribution in [0.5, 0.6) is 0 Å². The highest BCUT2D eigenvalue weighted by Crippen LogP contribution is 2.23. The van der Waals surface area contributed by atoms with Gasteiger partial charge in [-0.05, 0) is 29.2 Å². The second-order valence-electron chi connectivity index (χ2n) is 7.67. The number of aromatic amines is 1. The Labute approximate surface area is 181 Å². The molecule has 1 aliphatic rings. The highest BCUT2D eigenvalue weighted by Gasteiger charge is 2.17. The lowest BCUT2D eigenvalue weighted by Crippen LogP contribution is -2.31. The van der Waals surface area contributed by atoms with Gasteiger partial charge in [-0.1, -0.05) is 60.7 Å². The number of carbonyl (C=O) groups excluding carboxylic acids is 1. The quantitative estimate of drug-likeness (QED) is 0.523. The molecule has 6 heteroatoms.